The topological polar surface area (TPSA) is 88.5 Å². The second-order valence-corrected chi connectivity index (χ2v) is 8.48. The van der Waals surface area contributed by atoms with Gasteiger partial charge in [-0.1, -0.05) is 54.2 Å². The van der Waals surface area contributed by atoms with Crippen molar-refractivity contribution in [1.82, 2.24) is 0 Å². The van der Waals surface area contributed by atoms with Gasteiger partial charge in [-0.2, -0.15) is 0 Å². The first kappa shape index (κ1) is 18.2. The fourth-order valence-electron chi connectivity index (χ4n) is 2.29. The summed E-state index contributed by atoms with van der Waals surface area (Å²) >= 11 is 0.736. The van der Waals surface area contributed by atoms with E-state index in [9.17, 15) is 23.1 Å². The number of carbonyl (C=O) groups excluding carboxylic acids is 1. The minimum absolute atomic E-state index is 0.214. The predicted molar refractivity (Wildman–Crippen MR) is 93.6 cm³/mol. The summed E-state index contributed by atoms with van der Waals surface area (Å²) in [6.45, 7) is 1.32. The molecule has 0 aliphatic rings. The molecule has 7 heteroatoms. The van der Waals surface area contributed by atoms with Gasteiger partial charge in [-0.15, -0.1) is 0 Å². The minimum atomic E-state index is -3.38. The molecule has 0 aliphatic carbocycles. The highest BCUT2D eigenvalue weighted by Crippen LogP contribution is 2.32. The number of hydrogen-bond acceptors (Lipinski definition) is 5. The number of sulfone groups is 1. The molecule has 1 unspecified atom stereocenters. The van der Waals surface area contributed by atoms with Gasteiger partial charge in [0.25, 0.3) is 0 Å². The first-order valence-electron chi connectivity index (χ1n) is 6.99. The van der Waals surface area contributed by atoms with Crippen LogP contribution in [0.25, 0.3) is 11.1 Å². The summed E-state index contributed by atoms with van der Waals surface area (Å²) in [5.41, 5.74) is 1.69. The molecule has 0 aliphatic heterocycles. The van der Waals surface area contributed by atoms with Gasteiger partial charge in [0, 0.05) is 18.7 Å². The minimum Gasteiger partial charge on any atom is -0.480 e. The molecule has 0 radical (unpaired) electrons. The molecule has 2 rings (SSSR count). The molecule has 0 saturated heterocycles. The van der Waals surface area contributed by atoms with Gasteiger partial charge in [-0.05, 0) is 17.2 Å². The van der Waals surface area contributed by atoms with E-state index in [1.54, 1.807) is 42.5 Å². The third kappa shape index (κ3) is 4.24. The largest absolute Gasteiger partial charge is 0.480 e. The van der Waals surface area contributed by atoms with Crippen molar-refractivity contribution in [3.8, 4) is 11.1 Å². The second-order valence-electron chi connectivity index (χ2n) is 5.22. The summed E-state index contributed by atoms with van der Waals surface area (Å²) in [7, 11) is -3.38. The van der Waals surface area contributed by atoms with Crippen LogP contribution in [0.3, 0.4) is 0 Å². The average Bonchev–Trinajstić information content (AvgIpc) is 2.51. The fourth-order valence-corrected chi connectivity index (χ4v) is 3.93. The van der Waals surface area contributed by atoms with Crippen molar-refractivity contribution in [3.63, 3.8) is 0 Å². The number of aliphatic carboxylic acids is 1. The molecular formula is C17H16O5S2. The third-order valence-electron chi connectivity index (χ3n) is 3.32. The molecule has 2 aromatic carbocycles. The lowest BCUT2D eigenvalue weighted by atomic mass is 10.0. The Labute approximate surface area is 144 Å². The van der Waals surface area contributed by atoms with E-state index < -0.39 is 21.1 Å². The summed E-state index contributed by atoms with van der Waals surface area (Å²) in [4.78, 5) is 22.7. The second kappa shape index (κ2) is 7.19. The molecule has 0 aromatic heterocycles. The van der Waals surface area contributed by atoms with Crippen molar-refractivity contribution in [1.29, 1.82) is 0 Å². The highest BCUT2D eigenvalue weighted by Gasteiger charge is 2.23. The monoisotopic (exact) mass is 364 g/mol. The van der Waals surface area contributed by atoms with Crippen LogP contribution in [0.1, 0.15) is 17.7 Å². The van der Waals surface area contributed by atoms with Gasteiger partial charge in [-0.25, -0.2) is 8.42 Å². The number of rotatable bonds is 5. The van der Waals surface area contributed by atoms with Gasteiger partial charge in [-0.3, -0.25) is 9.59 Å². The maximum absolute atomic E-state index is 11.9. The van der Waals surface area contributed by atoms with Gasteiger partial charge in [0.2, 0.25) is 0 Å². The molecule has 0 fully saturated rings. The molecule has 0 amide bonds. The van der Waals surface area contributed by atoms with Crippen LogP contribution in [0.2, 0.25) is 0 Å². The molecule has 2 aromatic rings. The predicted octanol–water partition coefficient (Wildman–Crippen LogP) is 3.16. The van der Waals surface area contributed by atoms with Crippen molar-refractivity contribution >= 4 is 32.7 Å². The van der Waals surface area contributed by atoms with Crippen LogP contribution in [0.5, 0.6) is 0 Å². The highest BCUT2D eigenvalue weighted by atomic mass is 32.2. The number of thioether (sulfide) groups is 1. The van der Waals surface area contributed by atoms with E-state index in [1.165, 1.54) is 13.0 Å². The summed E-state index contributed by atoms with van der Waals surface area (Å²) in [6, 6.07) is 13.1. The zero-order valence-corrected chi connectivity index (χ0v) is 14.7. The number of carboxylic acid groups (broad SMARTS) is 1. The Morgan fingerprint density at radius 3 is 2.12 bits per heavy atom. The Bertz CT molecular complexity index is 870. The van der Waals surface area contributed by atoms with Crippen molar-refractivity contribution < 1.29 is 23.1 Å². The van der Waals surface area contributed by atoms with E-state index in [4.69, 9.17) is 0 Å². The maximum Gasteiger partial charge on any atom is 0.321 e. The normalized spacial score (nSPS) is 12.6. The van der Waals surface area contributed by atoms with E-state index >= 15 is 0 Å². The third-order valence-corrected chi connectivity index (χ3v) is 5.52. The van der Waals surface area contributed by atoms with E-state index in [2.05, 4.69) is 0 Å². The summed E-state index contributed by atoms with van der Waals surface area (Å²) in [5, 5.41) is 7.99. The molecule has 0 heterocycles. The number of hydrogen-bond donors (Lipinski definition) is 1. The van der Waals surface area contributed by atoms with Crippen LogP contribution in [0, 0.1) is 0 Å². The Hall–Kier alpha value is -2.12. The van der Waals surface area contributed by atoms with E-state index in [0.29, 0.717) is 16.7 Å². The van der Waals surface area contributed by atoms with Crippen LogP contribution in [0.15, 0.2) is 53.4 Å². The average molecular weight is 364 g/mol. The van der Waals surface area contributed by atoms with Gasteiger partial charge in [0.1, 0.15) is 5.25 Å². The lowest BCUT2D eigenvalue weighted by Gasteiger charge is -2.12. The standard InChI is InChI=1S/C17H16O5S2/c1-11(18)23-16(17(19)20)13-9-7-12(8-10-13)14-5-3-4-6-15(14)24(2,21)22/h3-10,16H,1-2H3,(H,19,20). The van der Waals surface area contributed by atoms with Crippen LogP contribution in [-0.4, -0.2) is 30.9 Å². The van der Waals surface area contributed by atoms with Crippen molar-refractivity contribution in [2.45, 2.75) is 17.1 Å². The summed E-state index contributed by atoms with van der Waals surface area (Å²) < 4.78 is 23.8. The quantitative estimate of drug-likeness (QED) is 0.877. The maximum atomic E-state index is 11.9. The first-order valence-corrected chi connectivity index (χ1v) is 9.76. The SMILES string of the molecule is CC(=O)SC(C(=O)O)c1ccc(-c2ccccc2S(C)(=O)=O)cc1. The van der Waals surface area contributed by atoms with Crippen molar-refractivity contribution in [3.05, 3.63) is 54.1 Å². The summed E-state index contributed by atoms with van der Waals surface area (Å²) in [5.74, 6) is -1.10. The van der Waals surface area contributed by atoms with Crippen LogP contribution in [-0.2, 0) is 19.4 Å². The van der Waals surface area contributed by atoms with Gasteiger partial charge in [0.15, 0.2) is 15.0 Å². The molecule has 1 atom stereocenters. The Balaban J connectivity index is 2.44. The Morgan fingerprint density at radius 1 is 1.04 bits per heavy atom. The highest BCUT2D eigenvalue weighted by molar-refractivity contribution is 8.14. The molecule has 0 spiro atoms. The number of carboxylic acids is 1. The van der Waals surface area contributed by atoms with E-state index in [-0.39, 0.29) is 10.0 Å². The smallest absolute Gasteiger partial charge is 0.321 e. The fraction of sp³-hybridized carbons (Fsp3) is 0.176. The number of benzene rings is 2. The molecule has 0 bridgehead atoms. The van der Waals surface area contributed by atoms with Crippen molar-refractivity contribution in [2.75, 3.05) is 6.26 Å². The van der Waals surface area contributed by atoms with E-state index in [0.717, 1.165) is 18.0 Å². The van der Waals surface area contributed by atoms with Crippen LogP contribution >= 0.6 is 11.8 Å². The zero-order valence-electron chi connectivity index (χ0n) is 13.1. The Morgan fingerprint density at radius 2 is 1.62 bits per heavy atom. The van der Waals surface area contributed by atoms with Gasteiger partial charge in [0.05, 0.1) is 4.90 Å². The lowest BCUT2D eigenvalue weighted by molar-refractivity contribution is -0.136. The van der Waals surface area contributed by atoms with E-state index in [1.807, 2.05) is 0 Å². The molecule has 1 N–H and O–H groups in total. The number of carbonyl (C=O) groups is 2. The van der Waals surface area contributed by atoms with Gasteiger partial charge >= 0.3 is 5.97 Å². The molecular weight excluding hydrogens is 348 g/mol. The lowest BCUT2D eigenvalue weighted by Crippen LogP contribution is -2.09. The molecule has 126 valence electrons. The van der Waals surface area contributed by atoms with Gasteiger partial charge < -0.3 is 5.11 Å². The summed E-state index contributed by atoms with van der Waals surface area (Å²) in [6.07, 6.45) is 1.14. The molecule has 24 heavy (non-hydrogen) atoms. The zero-order chi connectivity index (χ0) is 17.9. The molecule has 5 nitrogen and oxygen atoms in total. The Kier molecular flexibility index (Phi) is 5.46. The molecule has 0 saturated carbocycles. The van der Waals surface area contributed by atoms with Crippen molar-refractivity contribution in [2.24, 2.45) is 0 Å². The van der Waals surface area contributed by atoms with Crippen LogP contribution < -0.4 is 0 Å². The first-order chi connectivity index (χ1) is 11.2. The van der Waals surface area contributed by atoms with Crippen LogP contribution in [0.4, 0.5) is 0 Å².